The summed E-state index contributed by atoms with van der Waals surface area (Å²) in [6, 6.07) is 2.08. The molecule has 120 valence electrons. The summed E-state index contributed by atoms with van der Waals surface area (Å²) in [6.45, 7) is -0.195. The van der Waals surface area contributed by atoms with Crippen LogP contribution in [0.3, 0.4) is 0 Å². The highest BCUT2D eigenvalue weighted by Crippen LogP contribution is 2.52. The molecule has 1 aliphatic carbocycles. The molecular formula is C15H15F3O4. The van der Waals surface area contributed by atoms with E-state index in [4.69, 9.17) is 9.47 Å². The third-order valence-corrected chi connectivity index (χ3v) is 4.44. The van der Waals surface area contributed by atoms with Gasteiger partial charge in [-0.05, 0) is 25.0 Å². The molecule has 1 saturated carbocycles. The van der Waals surface area contributed by atoms with Crippen LogP contribution in [0.4, 0.5) is 13.2 Å². The lowest BCUT2D eigenvalue weighted by atomic mass is 9.67. The van der Waals surface area contributed by atoms with E-state index in [1.807, 2.05) is 0 Å². The molecule has 7 heteroatoms. The van der Waals surface area contributed by atoms with Crippen molar-refractivity contribution in [1.29, 1.82) is 0 Å². The highest BCUT2D eigenvalue weighted by atomic mass is 19.4. The summed E-state index contributed by atoms with van der Waals surface area (Å²) >= 11 is 0. The van der Waals surface area contributed by atoms with Gasteiger partial charge in [-0.1, -0.05) is 19.3 Å². The van der Waals surface area contributed by atoms with Crippen LogP contribution in [-0.4, -0.2) is 17.9 Å². The molecule has 0 unspecified atom stereocenters. The maximum Gasteiger partial charge on any atom is 0.416 e. The van der Waals surface area contributed by atoms with E-state index in [9.17, 15) is 23.1 Å². The van der Waals surface area contributed by atoms with Crippen molar-refractivity contribution in [3.8, 4) is 11.5 Å². The van der Waals surface area contributed by atoms with Gasteiger partial charge >= 0.3 is 12.1 Å². The van der Waals surface area contributed by atoms with Gasteiger partial charge in [0.1, 0.15) is 0 Å². The van der Waals surface area contributed by atoms with Crippen molar-refractivity contribution in [3.05, 3.63) is 23.3 Å². The average Bonchev–Trinajstić information content (AvgIpc) is 2.94. The number of rotatable bonds is 2. The predicted octanol–water partition coefficient (Wildman–Crippen LogP) is 3.72. The molecule has 1 aromatic rings. The number of carboxylic acid groups (broad SMARTS) is 1. The number of hydrogen-bond acceptors (Lipinski definition) is 3. The third-order valence-electron chi connectivity index (χ3n) is 4.44. The molecule has 22 heavy (non-hydrogen) atoms. The standard InChI is InChI=1S/C15H15F3O4/c16-15(17,18)9-4-5-10-12(22-8-21-10)11(9)14(13(19)20)6-2-1-3-7-14/h4-5H,1-3,6-8H2,(H,19,20). The first kappa shape index (κ1) is 15.0. The summed E-state index contributed by atoms with van der Waals surface area (Å²) in [5, 5.41) is 9.70. The molecule has 0 aromatic heterocycles. The van der Waals surface area contributed by atoms with Gasteiger partial charge in [0.15, 0.2) is 11.5 Å². The predicted molar refractivity (Wildman–Crippen MR) is 70.0 cm³/mol. The smallest absolute Gasteiger partial charge is 0.416 e. The maximum atomic E-state index is 13.4. The van der Waals surface area contributed by atoms with Crippen molar-refractivity contribution in [2.24, 2.45) is 0 Å². The van der Waals surface area contributed by atoms with Crippen molar-refractivity contribution >= 4 is 5.97 Å². The minimum atomic E-state index is -4.64. The van der Waals surface area contributed by atoms with Crippen LogP contribution >= 0.6 is 0 Å². The molecule has 1 aliphatic heterocycles. The van der Waals surface area contributed by atoms with Gasteiger partial charge in [0.25, 0.3) is 0 Å². The number of halogens is 3. The molecule has 2 aliphatic rings. The zero-order valence-corrected chi connectivity index (χ0v) is 11.7. The van der Waals surface area contributed by atoms with E-state index in [2.05, 4.69) is 0 Å². The van der Waals surface area contributed by atoms with Gasteiger partial charge in [-0.15, -0.1) is 0 Å². The lowest BCUT2D eigenvalue weighted by Gasteiger charge is -2.35. The van der Waals surface area contributed by atoms with E-state index in [1.54, 1.807) is 0 Å². The molecule has 1 N–H and O–H groups in total. The largest absolute Gasteiger partial charge is 0.481 e. The van der Waals surface area contributed by atoms with Crippen LogP contribution in [0.5, 0.6) is 11.5 Å². The van der Waals surface area contributed by atoms with Gasteiger partial charge in [0, 0.05) is 5.56 Å². The second-order valence-electron chi connectivity index (χ2n) is 5.67. The Morgan fingerprint density at radius 3 is 2.41 bits per heavy atom. The summed E-state index contributed by atoms with van der Waals surface area (Å²) < 4.78 is 50.6. The molecule has 1 aromatic carbocycles. The number of carboxylic acids is 1. The van der Waals surface area contributed by atoms with Crippen molar-refractivity contribution in [3.63, 3.8) is 0 Å². The first-order valence-electron chi connectivity index (χ1n) is 7.10. The molecular weight excluding hydrogens is 301 g/mol. The van der Waals surface area contributed by atoms with Gasteiger partial charge in [0.05, 0.1) is 11.0 Å². The van der Waals surface area contributed by atoms with E-state index in [0.29, 0.717) is 12.8 Å². The van der Waals surface area contributed by atoms with Crippen molar-refractivity contribution in [1.82, 2.24) is 0 Å². The van der Waals surface area contributed by atoms with Gasteiger partial charge < -0.3 is 14.6 Å². The van der Waals surface area contributed by atoms with Crippen molar-refractivity contribution in [2.75, 3.05) is 6.79 Å². The fourth-order valence-electron chi connectivity index (χ4n) is 3.41. The number of hydrogen-bond donors (Lipinski definition) is 1. The average molecular weight is 316 g/mol. The van der Waals surface area contributed by atoms with E-state index in [1.165, 1.54) is 6.07 Å². The van der Waals surface area contributed by atoms with E-state index in [0.717, 1.165) is 12.5 Å². The number of alkyl halides is 3. The second-order valence-corrected chi connectivity index (χ2v) is 5.67. The van der Waals surface area contributed by atoms with Crippen molar-refractivity contribution in [2.45, 2.75) is 43.7 Å². The molecule has 0 atom stereocenters. The highest BCUT2D eigenvalue weighted by Gasteiger charge is 2.50. The number of aliphatic carboxylic acids is 1. The molecule has 1 fully saturated rings. The minimum absolute atomic E-state index is 0.0703. The fourth-order valence-corrected chi connectivity index (χ4v) is 3.41. The fraction of sp³-hybridized carbons (Fsp3) is 0.533. The molecule has 0 saturated heterocycles. The Kier molecular flexibility index (Phi) is 3.45. The lowest BCUT2D eigenvalue weighted by Crippen LogP contribution is -2.39. The Hall–Kier alpha value is -1.92. The van der Waals surface area contributed by atoms with Crippen LogP contribution in [0.15, 0.2) is 12.1 Å². The van der Waals surface area contributed by atoms with E-state index >= 15 is 0 Å². The molecule has 0 amide bonds. The molecule has 0 spiro atoms. The highest BCUT2D eigenvalue weighted by molar-refractivity contribution is 5.84. The first-order valence-corrected chi connectivity index (χ1v) is 7.10. The SMILES string of the molecule is O=C(O)C1(c2c(C(F)(F)F)ccc3c2OCO3)CCCCC1. The zero-order chi connectivity index (χ0) is 16.0. The summed E-state index contributed by atoms with van der Waals surface area (Å²) in [7, 11) is 0. The summed E-state index contributed by atoms with van der Waals surface area (Å²) in [4.78, 5) is 11.9. The molecule has 3 rings (SSSR count). The topological polar surface area (TPSA) is 55.8 Å². The third kappa shape index (κ3) is 2.19. The minimum Gasteiger partial charge on any atom is -0.481 e. The lowest BCUT2D eigenvalue weighted by molar-refractivity contribution is -0.147. The Balaban J connectivity index is 2.27. The van der Waals surface area contributed by atoms with Gasteiger partial charge in [-0.25, -0.2) is 0 Å². The Morgan fingerprint density at radius 2 is 1.82 bits per heavy atom. The second kappa shape index (κ2) is 5.07. The van der Waals surface area contributed by atoms with E-state index < -0.39 is 23.1 Å². The number of carbonyl (C=O) groups is 1. The first-order chi connectivity index (χ1) is 10.4. The number of benzene rings is 1. The Bertz CT molecular complexity index is 604. The summed E-state index contributed by atoms with van der Waals surface area (Å²) in [5.41, 5.74) is -2.79. The number of fused-ring (bicyclic) bond motifs is 1. The van der Waals surface area contributed by atoms with Crippen LogP contribution in [0.25, 0.3) is 0 Å². The monoisotopic (exact) mass is 316 g/mol. The summed E-state index contributed by atoms with van der Waals surface area (Å²) in [5.74, 6) is -1.13. The quantitative estimate of drug-likeness (QED) is 0.903. The van der Waals surface area contributed by atoms with Gasteiger partial charge in [-0.3, -0.25) is 4.79 Å². The zero-order valence-electron chi connectivity index (χ0n) is 11.7. The summed E-state index contributed by atoms with van der Waals surface area (Å²) in [6.07, 6.45) is -2.32. The van der Waals surface area contributed by atoms with Crippen LogP contribution in [-0.2, 0) is 16.4 Å². The molecule has 1 heterocycles. The Labute approximate surface area is 124 Å². The normalized spacial score (nSPS) is 20.0. The van der Waals surface area contributed by atoms with E-state index in [-0.39, 0.29) is 36.7 Å². The maximum absolute atomic E-state index is 13.4. The molecule has 4 nitrogen and oxygen atoms in total. The van der Waals surface area contributed by atoms with Gasteiger partial charge in [0.2, 0.25) is 6.79 Å². The van der Waals surface area contributed by atoms with Crippen LogP contribution in [0.2, 0.25) is 0 Å². The van der Waals surface area contributed by atoms with Crippen LogP contribution < -0.4 is 9.47 Å². The van der Waals surface area contributed by atoms with Crippen LogP contribution in [0, 0.1) is 0 Å². The van der Waals surface area contributed by atoms with Gasteiger partial charge in [-0.2, -0.15) is 13.2 Å². The molecule has 0 radical (unpaired) electrons. The Morgan fingerprint density at radius 1 is 1.14 bits per heavy atom. The van der Waals surface area contributed by atoms with Crippen LogP contribution in [0.1, 0.15) is 43.2 Å². The number of ether oxygens (including phenoxy) is 2. The molecule has 0 bridgehead atoms. The van der Waals surface area contributed by atoms with Crippen molar-refractivity contribution < 1.29 is 32.5 Å².